The van der Waals surface area contributed by atoms with Crippen molar-refractivity contribution in [2.45, 2.75) is 26.9 Å². The van der Waals surface area contributed by atoms with Crippen LogP contribution in [0.4, 0.5) is 0 Å². The molecule has 0 N–H and O–H groups in total. The van der Waals surface area contributed by atoms with Gasteiger partial charge < -0.3 is 19.1 Å². The number of carbonyl (C=O) groups excluding carboxylic acids is 1. The Kier molecular flexibility index (Phi) is 4.31. The first-order valence-electron chi connectivity index (χ1n) is 7.89. The van der Waals surface area contributed by atoms with Crippen LogP contribution in [0.15, 0.2) is 51.7 Å². The van der Waals surface area contributed by atoms with E-state index in [9.17, 15) is 14.7 Å². The van der Waals surface area contributed by atoms with Gasteiger partial charge in [0.2, 0.25) is 11.2 Å². The summed E-state index contributed by atoms with van der Waals surface area (Å²) < 4.78 is 11.3. The molecule has 128 valence electrons. The topological polar surface area (TPSA) is 79.6 Å². The molecule has 0 aliphatic heterocycles. The molecule has 0 spiro atoms. The Morgan fingerprint density at radius 2 is 1.76 bits per heavy atom. The SMILES string of the molecule is Cc1cc2oc(-c3ccccc3)c(O[C@H](C)C(=O)[O-])c(=O)c2cc1C. The first-order valence-corrected chi connectivity index (χ1v) is 7.89. The van der Waals surface area contributed by atoms with Gasteiger partial charge in [0.1, 0.15) is 11.7 Å². The third kappa shape index (κ3) is 3.13. The van der Waals surface area contributed by atoms with Gasteiger partial charge in [0, 0.05) is 5.56 Å². The maximum Gasteiger partial charge on any atom is 0.235 e. The molecule has 0 unspecified atom stereocenters. The lowest BCUT2D eigenvalue weighted by Crippen LogP contribution is -2.38. The summed E-state index contributed by atoms with van der Waals surface area (Å²) in [5.41, 5.74) is 2.58. The van der Waals surface area contributed by atoms with Crippen LogP contribution in [-0.4, -0.2) is 12.1 Å². The number of carboxylic acid groups (broad SMARTS) is 1. The maximum atomic E-state index is 12.9. The highest BCUT2D eigenvalue weighted by Gasteiger charge is 2.20. The molecule has 2 aromatic carbocycles. The number of fused-ring (bicyclic) bond motifs is 1. The zero-order valence-electron chi connectivity index (χ0n) is 14.2. The van der Waals surface area contributed by atoms with E-state index in [0.29, 0.717) is 16.5 Å². The predicted octanol–water partition coefficient (Wildman–Crippen LogP) is 2.59. The molecule has 0 amide bonds. The number of aliphatic carboxylic acids is 1. The van der Waals surface area contributed by atoms with Crippen molar-refractivity contribution >= 4 is 16.9 Å². The van der Waals surface area contributed by atoms with Crippen LogP contribution in [0.5, 0.6) is 5.75 Å². The number of ether oxygens (including phenoxy) is 1. The van der Waals surface area contributed by atoms with Gasteiger partial charge in [-0.2, -0.15) is 0 Å². The van der Waals surface area contributed by atoms with Crippen molar-refractivity contribution in [3.63, 3.8) is 0 Å². The minimum absolute atomic E-state index is 0.126. The number of aryl methyl sites for hydroxylation is 2. The number of carboxylic acids is 1. The van der Waals surface area contributed by atoms with Crippen molar-refractivity contribution < 1.29 is 19.1 Å². The standard InChI is InChI=1S/C20H18O5/c1-11-9-15-16(10-12(11)2)25-18(14-7-5-4-6-8-14)19(17(15)21)24-13(3)20(22)23/h4-10,13H,1-3H3,(H,22,23)/p-1/t13-/m1/s1. The fourth-order valence-corrected chi connectivity index (χ4v) is 2.54. The molecule has 0 aliphatic rings. The Morgan fingerprint density at radius 1 is 1.12 bits per heavy atom. The van der Waals surface area contributed by atoms with E-state index in [4.69, 9.17) is 9.15 Å². The average Bonchev–Trinajstić information content (AvgIpc) is 2.59. The minimum Gasteiger partial charge on any atom is -0.546 e. The number of rotatable bonds is 4. The molecule has 0 bridgehead atoms. The normalized spacial score (nSPS) is 12.1. The van der Waals surface area contributed by atoms with Gasteiger partial charge in [-0.15, -0.1) is 0 Å². The summed E-state index contributed by atoms with van der Waals surface area (Å²) in [7, 11) is 0. The van der Waals surface area contributed by atoms with E-state index in [0.717, 1.165) is 11.1 Å². The average molecular weight is 337 g/mol. The molecular formula is C20H17O5-. The second-order valence-electron chi connectivity index (χ2n) is 5.97. The number of hydrogen-bond acceptors (Lipinski definition) is 5. The first kappa shape index (κ1) is 16.8. The van der Waals surface area contributed by atoms with Crippen molar-refractivity contribution in [2.75, 3.05) is 0 Å². The summed E-state index contributed by atoms with van der Waals surface area (Å²) in [6.45, 7) is 5.14. The van der Waals surface area contributed by atoms with Gasteiger partial charge in [-0.3, -0.25) is 4.79 Å². The van der Waals surface area contributed by atoms with E-state index < -0.39 is 17.5 Å². The molecule has 3 rings (SSSR count). The summed E-state index contributed by atoms with van der Waals surface area (Å²) >= 11 is 0. The highest BCUT2D eigenvalue weighted by Crippen LogP contribution is 2.32. The summed E-state index contributed by atoms with van der Waals surface area (Å²) in [5, 5.41) is 11.4. The summed E-state index contributed by atoms with van der Waals surface area (Å²) in [6.07, 6.45) is -1.28. The fourth-order valence-electron chi connectivity index (χ4n) is 2.54. The van der Waals surface area contributed by atoms with Crippen molar-refractivity contribution in [3.8, 4) is 17.1 Å². The molecule has 5 nitrogen and oxygen atoms in total. The van der Waals surface area contributed by atoms with Crippen LogP contribution in [0.1, 0.15) is 18.1 Å². The van der Waals surface area contributed by atoms with Crippen molar-refractivity contribution in [2.24, 2.45) is 0 Å². The smallest absolute Gasteiger partial charge is 0.235 e. The van der Waals surface area contributed by atoms with Gasteiger partial charge in [-0.25, -0.2) is 0 Å². The zero-order chi connectivity index (χ0) is 18.1. The molecule has 3 aromatic rings. The van der Waals surface area contributed by atoms with E-state index in [1.54, 1.807) is 36.4 Å². The minimum atomic E-state index is -1.40. The summed E-state index contributed by atoms with van der Waals surface area (Å²) in [4.78, 5) is 24.0. The molecule has 0 saturated carbocycles. The Hall–Kier alpha value is -3.08. The number of hydrogen-bond donors (Lipinski definition) is 0. The van der Waals surface area contributed by atoms with Gasteiger partial charge in [-0.1, -0.05) is 30.3 Å². The fraction of sp³-hybridized carbons (Fsp3) is 0.200. The predicted molar refractivity (Wildman–Crippen MR) is 92.5 cm³/mol. The largest absolute Gasteiger partial charge is 0.546 e. The van der Waals surface area contributed by atoms with Crippen LogP contribution < -0.4 is 15.3 Å². The van der Waals surface area contributed by atoms with E-state index in [-0.39, 0.29) is 11.5 Å². The number of carbonyl (C=O) groups is 1. The quantitative estimate of drug-likeness (QED) is 0.731. The second-order valence-corrected chi connectivity index (χ2v) is 5.97. The van der Waals surface area contributed by atoms with Gasteiger partial charge in [0.15, 0.2) is 5.76 Å². The van der Waals surface area contributed by atoms with Gasteiger partial charge in [0.05, 0.1) is 11.4 Å². The van der Waals surface area contributed by atoms with Crippen molar-refractivity contribution in [3.05, 3.63) is 63.8 Å². The highest BCUT2D eigenvalue weighted by molar-refractivity contribution is 5.83. The molecule has 0 aliphatic carbocycles. The molecule has 0 radical (unpaired) electrons. The second kappa shape index (κ2) is 6.43. The molecule has 0 saturated heterocycles. The molecule has 0 fully saturated rings. The lowest BCUT2D eigenvalue weighted by atomic mass is 10.0. The van der Waals surface area contributed by atoms with Crippen LogP contribution in [0, 0.1) is 13.8 Å². The third-order valence-electron chi connectivity index (χ3n) is 4.13. The highest BCUT2D eigenvalue weighted by atomic mass is 16.5. The van der Waals surface area contributed by atoms with Crippen LogP contribution in [0.3, 0.4) is 0 Å². The Balaban J connectivity index is 2.32. The molecule has 1 heterocycles. The van der Waals surface area contributed by atoms with Crippen molar-refractivity contribution in [1.29, 1.82) is 0 Å². The molecular weight excluding hydrogens is 320 g/mol. The molecule has 1 atom stereocenters. The maximum absolute atomic E-state index is 12.9. The van der Waals surface area contributed by atoms with Gasteiger partial charge >= 0.3 is 0 Å². The van der Waals surface area contributed by atoms with Crippen molar-refractivity contribution in [1.82, 2.24) is 0 Å². The zero-order valence-corrected chi connectivity index (χ0v) is 14.2. The Labute approximate surface area is 144 Å². The monoisotopic (exact) mass is 337 g/mol. The van der Waals surface area contributed by atoms with Crippen LogP contribution >= 0.6 is 0 Å². The first-order chi connectivity index (χ1) is 11.9. The lowest BCUT2D eigenvalue weighted by Gasteiger charge is -2.17. The van der Waals surface area contributed by atoms with E-state index in [1.165, 1.54) is 6.92 Å². The summed E-state index contributed by atoms with van der Waals surface area (Å²) in [6, 6.07) is 12.5. The summed E-state index contributed by atoms with van der Waals surface area (Å²) in [5.74, 6) is -1.33. The van der Waals surface area contributed by atoms with E-state index in [1.807, 2.05) is 19.9 Å². The van der Waals surface area contributed by atoms with Gasteiger partial charge in [-0.05, 0) is 44.0 Å². The van der Waals surface area contributed by atoms with Crippen LogP contribution in [-0.2, 0) is 4.79 Å². The molecule has 5 heteroatoms. The molecule has 1 aromatic heterocycles. The molecule has 25 heavy (non-hydrogen) atoms. The van der Waals surface area contributed by atoms with E-state index >= 15 is 0 Å². The third-order valence-corrected chi connectivity index (χ3v) is 4.13. The lowest BCUT2D eigenvalue weighted by molar-refractivity contribution is -0.312. The van der Waals surface area contributed by atoms with Crippen LogP contribution in [0.25, 0.3) is 22.3 Å². The number of benzene rings is 2. The Morgan fingerprint density at radius 3 is 2.40 bits per heavy atom. The van der Waals surface area contributed by atoms with Crippen LogP contribution in [0.2, 0.25) is 0 Å². The van der Waals surface area contributed by atoms with Gasteiger partial charge in [0.25, 0.3) is 0 Å². The Bertz CT molecular complexity index is 1000. The van der Waals surface area contributed by atoms with E-state index in [2.05, 4.69) is 0 Å².